The maximum atomic E-state index is 12.5. The number of sulfonamides is 1. The summed E-state index contributed by atoms with van der Waals surface area (Å²) in [5.74, 6) is -0.732. The van der Waals surface area contributed by atoms with Crippen molar-refractivity contribution in [2.75, 3.05) is 13.1 Å². The van der Waals surface area contributed by atoms with E-state index in [9.17, 15) is 21.6 Å². The molecule has 1 aromatic carbocycles. The van der Waals surface area contributed by atoms with E-state index >= 15 is 0 Å². The van der Waals surface area contributed by atoms with Crippen molar-refractivity contribution in [3.05, 3.63) is 24.3 Å². The van der Waals surface area contributed by atoms with Gasteiger partial charge in [-0.25, -0.2) is 8.42 Å². The van der Waals surface area contributed by atoms with Crippen LogP contribution in [0.2, 0.25) is 0 Å². The minimum Gasteiger partial charge on any atom is -0.404 e. The third-order valence-corrected chi connectivity index (χ3v) is 5.53. The fourth-order valence-corrected chi connectivity index (χ4v) is 4.04. The zero-order valence-electron chi connectivity index (χ0n) is 12.3. The number of hydrogen-bond acceptors (Lipinski definition) is 4. The van der Waals surface area contributed by atoms with E-state index in [0.717, 1.165) is 16.4 Å². The monoisotopic (exact) mass is 374 g/mol. The quantitative estimate of drug-likeness (QED) is 0.878. The summed E-state index contributed by atoms with van der Waals surface area (Å²) in [5.41, 5.74) is 5.76. The lowest BCUT2D eigenvalue weighted by Gasteiger charge is -2.20. The standard InChI is InChI=1S/C13H17F3N2O3S.ClH/c1-9(17)10-6-7-18(8-10)22(19,20)12-5-3-2-4-11(12)21-13(14,15)16;/h2-5,9-10H,6-8,17H2,1H3;1H. The van der Waals surface area contributed by atoms with E-state index in [1.54, 1.807) is 6.92 Å². The molecule has 0 spiro atoms. The van der Waals surface area contributed by atoms with Gasteiger partial charge in [-0.1, -0.05) is 12.1 Å². The average Bonchev–Trinajstić information content (AvgIpc) is 2.87. The van der Waals surface area contributed by atoms with Gasteiger partial charge in [-0.2, -0.15) is 4.31 Å². The molecule has 1 aliphatic rings. The number of rotatable bonds is 4. The first kappa shape index (κ1) is 20.0. The van der Waals surface area contributed by atoms with Gasteiger partial charge in [0.1, 0.15) is 10.6 Å². The second-order valence-electron chi connectivity index (χ2n) is 5.27. The van der Waals surface area contributed by atoms with E-state index in [-0.39, 0.29) is 37.5 Å². The van der Waals surface area contributed by atoms with Crippen molar-refractivity contribution >= 4 is 22.4 Å². The van der Waals surface area contributed by atoms with Crippen LogP contribution in [-0.2, 0) is 10.0 Å². The van der Waals surface area contributed by atoms with Crippen LogP contribution in [0.25, 0.3) is 0 Å². The Balaban J connectivity index is 0.00000264. The van der Waals surface area contributed by atoms with Crippen molar-refractivity contribution < 1.29 is 26.3 Å². The van der Waals surface area contributed by atoms with Gasteiger partial charge in [-0.15, -0.1) is 25.6 Å². The maximum Gasteiger partial charge on any atom is 0.573 e. The molecule has 1 aromatic rings. The van der Waals surface area contributed by atoms with Gasteiger partial charge >= 0.3 is 6.36 Å². The summed E-state index contributed by atoms with van der Waals surface area (Å²) in [7, 11) is -4.06. The molecule has 2 rings (SSSR count). The summed E-state index contributed by atoms with van der Waals surface area (Å²) in [6.45, 7) is 2.21. The molecule has 2 unspecified atom stereocenters. The van der Waals surface area contributed by atoms with Crippen molar-refractivity contribution in [3.8, 4) is 5.75 Å². The van der Waals surface area contributed by atoms with E-state index in [1.165, 1.54) is 12.1 Å². The van der Waals surface area contributed by atoms with Gasteiger partial charge in [0.15, 0.2) is 0 Å². The predicted molar refractivity (Wildman–Crippen MR) is 80.9 cm³/mol. The molecule has 132 valence electrons. The van der Waals surface area contributed by atoms with Crippen LogP contribution in [0.1, 0.15) is 13.3 Å². The highest BCUT2D eigenvalue weighted by Crippen LogP contribution is 2.33. The number of benzene rings is 1. The first-order valence-corrected chi connectivity index (χ1v) is 8.16. The Hall–Kier alpha value is -1.03. The summed E-state index contributed by atoms with van der Waals surface area (Å²) in [6.07, 6.45) is -4.37. The number of halogens is 4. The molecule has 0 amide bonds. The molecule has 2 atom stereocenters. The van der Waals surface area contributed by atoms with E-state index in [1.807, 2.05) is 0 Å². The van der Waals surface area contributed by atoms with Gasteiger partial charge in [0.25, 0.3) is 0 Å². The van der Waals surface area contributed by atoms with Crippen LogP contribution in [0.3, 0.4) is 0 Å². The fraction of sp³-hybridized carbons (Fsp3) is 0.538. The molecule has 1 fully saturated rings. The van der Waals surface area contributed by atoms with Crippen LogP contribution in [0.5, 0.6) is 5.75 Å². The third kappa shape index (κ3) is 4.72. The van der Waals surface area contributed by atoms with Gasteiger partial charge in [0.2, 0.25) is 10.0 Å². The minimum absolute atomic E-state index is 0. The Kier molecular flexibility index (Phi) is 6.31. The summed E-state index contributed by atoms with van der Waals surface area (Å²) < 4.78 is 67.3. The highest BCUT2D eigenvalue weighted by Gasteiger charge is 2.38. The zero-order chi connectivity index (χ0) is 16.5. The van der Waals surface area contributed by atoms with Gasteiger partial charge in [-0.05, 0) is 31.4 Å². The highest BCUT2D eigenvalue weighted by molar-refractivity contribution is 7.89. The van der Waals surface area contributed by atoms with Crippen LogP contribution in [-0.4, -0.2) is 38.2 Å². The van der Waals surface area contributed by atoms with Gasteiger partial charge < -0.3 is 10.5 Å². The number of para-hydroxylation sites is 1. The number of hydrogen-bond donors (Lipinski definition) is 1. The Labute approximate surface area is 139 Å². The zero-order valence-corrected chi connectivity index (χ0v) is 13.9. The van der Waals surface area contributed by atoms with E-state index in [4.69, 9.17) is 5.73 Å². The lowest BCUT2D eigenvalue weighted by atomic mass is 10.0. The molecular weight excluding hydrogens is 357 g/mol. The SMILES string of the molecule is CC(N)C1CCN(S(=O)(=O)c2ccccc2OC(F)(F)F)C1.Cl. The van der Waals surface area contributed by atoms with Crippen molar-refractivity contribution in [1.29, 1.82) is 0 Å². The predicted octanol–water partition coefficient (Wildman–Crippen LogP) is 2.36. The largest absolute Gasteiger partial charge is 0.573 e. The minimum atomic E-state index is -4.95. The van der Waals surface area contributed by atoms with Crippen LogP contribution < -0.4 is 10.5 Å². The molecule has 23 heavy (non-hydrogen) atoms. The van der Waals surface area contributed by atoms with E-state index < -0.39 is 27.0 Å². The van der Waals surface area contributed by atoms with Gasteiger partial charge in [0.05, 0.1) is 0 Å². The van der Waals surface area contributed by atoms with E-state index in [2.05, 4.69) is 4.74 Å². The Morgan fingerprint density at radius 3 is 2.48 bits per heavy atom. The molecule has 5 nitrogen and oxygen atoms in total. The number of nitrogens with zero attached hydrogens (tertiary/aromatic N) is 1. The summed E-state index contributed by atoms with van der Waals surface area (Å²) in [5, 5.41) is 0. The van der Waals surface area contributed by atoms with Gasteiger partial charge in [-0.3, -0.25) is 0 Å². The number of nitrogens with two attached hydrogens (primary N) is 1. The molecule has 1 saturated heterocycles. The van der Waals surface area contributed by atoms with Crippen LogP contribution in [0.15, 0.2) is 29.2 Å². The Bertz CT molecular complexity index is 638. The first-order chi connectivity index (χ1) is 10.1. The molecule has 2 N–H and O–H groups in total. The molecule has 0 aromatic heterocycles. The molecule has 0 bridgehead atoms. The smallest absolute Gasteiger partial charge is 0.404 e. The molecule has 1 aliphatic heterocycles. The number of ether oxygens (including phenoxy) is 1. The summed E-state index contributed by atoms with van der Waals surface area (Å²) in [6, 6.07) is 4.56. The topological polar surface area (TPSA) is 72.6 Å². The third-order valence-electron chi connectivity index (χ3n) is 3.62. The normalized spacial score (nSPS) is 20.8. The summed E-state index contributed by atoms with van der Waals surface area (Å²) >= 11 is 0. The molecule has 10 heteroatoms. The number of alkyl halides is 3. The highest BCUT2D eigenvalue weighted by atomic mass is 35.5. The average molecular weight is 375 g/mol. The molecule has 0 saturated carbocycles. The fourth-order valence-electron chi connectivity index (χ4n) is 2.41. The molecule has 0 aliphatic carbocycles. The van der Waals surface area contributed by atoms with Crippen molar-refractivity contribution in [3.63, 3.8) is 0 Å². The second-order valence-corrected chi connectivity index (χ2v) is 7.17. The Morgan fingerprint density at radius 1 is 1.35 bits per heavy atom. The first-order valence-electron chi connectivity index (χ1n) is 6.72. The van der Waals surface area contributed by atoms with Gasteiger partial charge in [0, 0.05) is 19.1 Å². The lowest BCUT2D eigenvalue weighted by Crippen LogP contribution is -2.33. The van der Waals surface area contributed by atoms with Crippen molar-refractivity contribution in [1.82, 2.24) is 4.31 Å². The Morgan fingerprint density at radius 2 is 1.96 bits per heavy atom. The van der Waals surface area contributed by atoms with Crippen LogP contribution >= 0.6 is 12.4 Å². The van der Waals surface area contributed by atoms with Crippen LogP contribution in [0.4, 0.5) is 13.2 Å². The van der Waals surface area contributed by atoms with E-state index in [0.29, 0.717) is 6.42 Å². The summed E-state index contributed by atoms with van der Waals surface area (Å²) in [4.78, 5) is -0.488. The lowest BCUT2D eigenvalue weighted by molar-refractivity contribution is -0.275. The van der Waals surface area contributed by atoms with Crippen molar-refractivity contribution in [2.24, 2.45) is 11.7 Å². The van der Waals surface area contributed by atoms with Crippen molar-refractivity contribution in [2.45, 2.75) is 30.6 Å². The molecule has 0 radical (unpaired) electrons. The maximum absolute atomic E-state index is 12.5. The molecule has 1 heterocycles. The van der Waals surface area contributed by atoms with Crippen LogP contribution in [0, 0.1) is 5.92 Å². The molecular formula is C13H18ClF3N2O3S. The second kappa shape index (κ2) is 7.25.